The zero-order valence-corrected chi connectivity index (χ0v) is 7.63. The lowest BCUT2D eigenvalue weighted by molar-refractivity contribution is 0.112. The Bertz CT molecular complexity index is 436. The van der Waals surface area contributed by atoms with Gasteiger partial charge >= 0.3 is 0 Å². The van der Waals surface area contributed by atoms with E-state index in [0.29, 0.717) is 5.56 Å². The normalized spacial score (nSPS) is 10.4. The number of hydrogen-bond acceptors (Lipinski definition) is 2. The van der Waals surface area contributed by atoms with Crippen molar-refractivity contribution in [3.05, 3.63) is 28.4 Å². The minimum atomic E-state index is 0.655. The highest BCUT2D eigenvalue weighted by Gasteiger charge is 2.04. The minimum absolute atomic E-state index is 0.655. The van der Waals surface area contributed by atoms with Crippen LogP contribution in [0.2, 0.25) is 0 Å². The summed E-state index contributed by atoms with van der Waals surface area (Å²) >= 11 is 3.35. The average molecular weight is 225 g/mol. The van der Waals surface area contributed by atoms with Crippen molar-refractivity contribution in [3.8, 4) is 0 Å². The first-order valence-electron chi connectivity index (χ1n) is 3.39. The molecule has 1 aromatic heterocycles. The third kappa shape index (κ3) is 0.956. The van der Waals surface area contributed by atoms with E-state index in [9.17, 15) is 4.79 Å². The van der Waals surface area contributed by atoms with Gasteiger partial charge in [-0.3, -0.25) is 9.89 Å². The lowest BCUT2D eigenvalue weighted by Crippen LogP contribution is -1.80. The van der Waals surface area contributed by atoms with Gasteiger partial charge in [-0.15, -0.1) is 0 Å². The number of carbonyl (C=O) groups excluding carboxylic acids is 1. The molecule has 0 spiro atoms. The summed E-state index contributed by atoms with van der Waals surface area (Å²) in [6, 6.07) is 3.58. The van der Waals surface area contributed by atoms with E-state index in [1.54, 1.807) is 12.3 Å². The van der Waals surface area contributed by atoms with E-state index in [4.69, 9.17) is 0 Å². The SMILES string of the molecule is O=Cc1ccc(Br)c2[nH]ncc12. The molecule has 0 radical (unpaired) electrons. The summed E-state index contributed by atoms with van der Waals surface area (Å²) < 4.78 is 0.917. The van der Waals surface area contributed by atoms with Gasteiger partial charge in [0.2, 0.25) is 0 Å². The Labute approximate surface area is 76.9 Å². The molecule has 3 nitrogen and oxygen atoms in total. The third-order valence-electron chi connectivity index (χ3n) is 1.73. The summed E-state index contributed by atoms with van der Waals surface area (Å²) in [5, 5.41) is 7.51. The molecule has 0 atom stereocenters. The molecule has 0 amide bonds. The van der Waals surface area contributed by atoms with E-state index in [-0.39, 0.29) is 0 Å². The second-order valence-corrected chi connectivity index (χ2v) is 3.27. The molecular formula is C8H5BrN2O. The van der Waals surface area contributed by atoms with Crippen LogP contribution in [0.4, 0.5) is 0 Å². The molecule has 0 bridgehead atoms. The number of aromatic amines is 1. The summed E-state index contributed by atoms with van der Waals surface area (Å²) in [6.45, 7) is 0. The van der Waals surface area contributed by atoms with Crippen LogP contribution in [0.3, 0.4) is 0 Å². The standard InChI is InChI=1S/C8H5BrN2O/c9-7-2-1-5(4-12)6-3-10-11-8(6)7/h1-4H,(H,10,11). The Morgan fingerprint density at radius 1 is 1.50 bits per heavy atom. The molecule has 12 heavy (non-hydrogen) atoms. The first-order valence-corrected chi connectivity index (χ1v) is 4.19. The molecule has 0 fully saturated rings. The fourth-order valence-corrected chi connectivity index (χ4v) is 1.56. The molecule has 0 aliphatic rings. The third-order valence-corrected chi connectivity index (χ3v) is 2.39. The van der Waals surface area contributed by atoms with E-state index in [1.807, 2.05) is 6.07 Å². The Balaban J connectivity index is 2.91. The van der Waals surface area contributed by atoms with Gasteiger partial charge in [-0.1, -0.05) is 0 Å². The van der Waals surface area contributed by atoms with Crippen molar-refractivity contribution in [2.24, 2.45) is 0 Å². The highest BCUT2D eigenvalue weighted by atomic mass is 79.9. The van der Waals surface area contributed by atoms with Crippen LogP contribution in [0.15, 0.2) is 22.8 Å². The van der Waals surface area contributed by atoms with Crippen molar-refractivity contribution >= 4 is 33.1 Å². The number of fused-ring (bicyclic) bond motifs is 1. The van der Waals surface area contributed by atoms with Gasteiger partial charge in [0.15, 0.2) is 6.29 Å². The van der Waals surface area contributed by atoms with Crippen molar-refractivity contribution in [2.75, 3.05) is 0 Å². The van der Waals surface area contributed by atoms with E-state index >= 15 is 0 Å². The number of nitrogens with one attached hydrogen (secondary N) is 1. The Hall–Kier alpha value is -1.16. The highest BCUT2D eigenvalue weighted by molar-refractivity contribution is 9.10. The molecule has 0 saturated heterocycles. The number of halogens is 1. The molecule has 1 aromatic carbocycles. The number of rotatable bonds is 1. The maximum absolute atomic E-state index is 10.6. The molecular weight excluding hydrogens is 220 g/mol. The van der Waals surface area contributed by atoms with Gasteiger partial charge in [0.05, 0.1) is 11.7 Å². The second-order valence-electron chi connectivity index (χ2n) is 2.41. The molecule has 4 heteroatoms. The number of hydrogen-bond donors (Lipinski definition) is 1. The predicted molar refractivity (Wildman–Crippen MR) is 49.2 cm³/mol. The summed E-state index contributed by atoms with van der Waals surface area (Å²) in [7, 11) is 0. The summed E-state index contributed by atoms with van der Waals surface area (Å²) in [6.07, 6.45) is 2.47. The monoisotopic (exact) mass is 224 g/mol. The van der Waals surface area contributed by atoms with Gasteiger partial charge in [0.25, 0.3) is 0 Å². The summed E-state index contributed by atoms with van der Waals surface area (Å²) in [4.78, 5) is 10.6. The van der Waals surface area contributed by atoms with Crippen molar-refractivity contribution in [3.63, 3.8) is 0 Å². The van der Waals surface area contributed by atoms with Gasteiger partial charge in [-0.05, 0) is 28.1 Å². The first kappa shape index (κ1) is 7.49. The van der Waals surface area contributed by atoms with Gasteiger partial charge in [0, 0.05) is 15.4 Å². The second kappa shape index (κ2) is 2.71. The van der Waals surface area contributed by atoms with Crippen LogP contribution in [0.1, 0.15) is 10.4 Å². The minimum Gasteiger partial charge on any atom is -0.298 e. The predicted octanol–water partition coefficient (Wildman–Crippen LogP) is 2.14. The van der Waals surface area contributed by atoms with E-state index in [2.05, 4.69) is 26.1 Å². The Morgan fingerprint density at radius 2 is 2.33 bits per heavy atom. The Kier molecular flexibility index (Phi) is 1.69. The quantitative estimate of drug-likeness (QED) is 0.755. The van der Waals surface area contributed by atoms with Gasteiger partial charge in [-0.2, -0.15) is 5.10 Å². The number of aromatic nitrogens is 2. The van der Waals surface area contributed by atoms with Gasteiger partial charge in [-0.25, -0.2) is 0 Å². The van der Waals surface area contributed by atoms with Crippen LogP contribution in [-0.4, -0.2) is 16.5 Å². The molecule has 0 aliphatic heterocycles. The fourth-order valence-electron chi connectivity index (χ4n) is 1.13. The fraction of sp³-hybridized carbons (Fsp3) is 0. The zero-order valence-electron chi connectivity index (χ0n) is 6.04. The lowest BCUT2D eigenvalue weighted by atomic mass is 10.1. The molecule has 2 rings (SSSR count). The van der Waals surface area contributed by atoms with Crippen molar-refractivity contribution in [1.29, 1.82) is 0 Å². The smallest absolute Gasteiger partial charge is 0.150 e. The summed E-state index contributed by atoms with van der Waals surface area (Å²) in [5.74, 6) is 0. The average Bonchev–Trinajstić information content (AvgIpc) is 2.54. The molecule has 0 aliphatic carbocycles. The van der Waals surface area contributed by atoms with Gasteiger partial charge < -0.3 is 0 Å². The van der Waals surface area contributed by atoms with E-state index in [1.165, 1.54) is 0 Å². The number of aldehydes is 1. The number of carbonyl (C=O) groups is 1. The lowest BCUT2D eigenvalue weighted by Gasteiger charge is -1.94. The molecule has 0 saturated carbocycles. The van der Waals surface area contributed by atoms with E-state index in [0.717, 1.165) is 21.7 Å². The van der Waals surface area contributed by atoms with Crippen LogP contribution in [0.25, 0.3) is 10.9 Å². The topological polar surface area (TPSA) is 45.8 Å². The van der Waals surface area contributed by atoms with Crippen LogP contribution in [-0.2, 0) is 0 Å². The molecule has 1 N–H and O–H groups in total. The number of nitrogens with zero attached hydrogens (tertiary/aromatic N) is 1. The van der Waals surface area contributed by atoms with Crippen LogP contribution < -0.4 is 0 Å². The molecule has 0 unspecified atom stereocenters. The Morgan fingerprint density at radius 3 is 3.08 bits per heavy atom. The first-order chi connectivity index (χ1) is 5.83. The van der Waals surface area contributed by atoms with Crippen LogP contribution in [0, 0.1) is 0 Å². The van der Waals surface area contributed by atoms with Crippen molar-refractivity contribution < 1.29 is 4.79 Å². The maximum Gasteiger partial charge on any atom is 0.150 e. The maximum atomic E-state index is 10.6. The zero-order chi connectivity index (χ0) is 8.55. The van der Waals surface area contributed by atoms with Crippen LogP contribution >= 0.6 is 15.9 Å². The van der Waals surface area contributed by atoms with Gasteiger partial charge in [0.1, 0.15) is 0 Å². The van der Waals surface area contributed by atoms with E-state index < -0.39 is 0 Å². The molecule has 1 heterocycles. The molecule has 2 aromatic rings. The van der Waals surface area contributed by atoms with Crippen LogP contribution in [0.5, 0.6) is 0 Å². The number of benzene rings is 1. The van der Waals surface area contributed by atoms with Crippen molar-refractivity contribution in [1.82, 2.24) is 10.2 Å². The molecule has 60 valence electrons. The highest BCUT2D eigenvalue weighted by Crippen LogP contribution is 2.23. The largest absolute Gasteiger partial charge is 0.298 e. The summed E-state index contributed by atoms with van der Waals surface area (Å²) in [5.41, 5.74) is 1.52. The van der Waals surface area contributed by atoms with Crippen molar-refractivity contribution in [2.45, 2.75) is 0 Å². The number of H-pyrrole nitrogens is 1.